The first kappa shape index (κ1) is 12.8. The average molecular weight is 276 g/mol. The summed E-state index contributed by atoms with van der Waals surface area (Å²) < 4.78 is 17.7. The molecule has 106 valence electrons. The van der Waals surface area contributed by atoms with Crippen LogP contribution in [0, 0.1) is 0 Å². The predicted octanol–water partition coefficient (Wildman–Crippen LogP) is 1.72. The molecule has 0 radical (unpaired) electrons. The lowest BCUT2D eigenvalue weighted by Gasteiger charge is -2.15. The zero-order chi connectivity index (χ0) is 14.1. The Hall–Kier alpha value is -2.21. The van der Waals surface area contributed by atoms with Crippen LogP contribution in [0.1, 0.15) is 24.3 Å². The van der Waals surface area contributed by atoms with E-state index in [0.717, 1.165) is 5.69 Å². The zero-order valence-corrected chi connectivity index (χ0v) is 11.4. The summed E-state index contributed by atoms with van der Waals surface area (Å²) >= 11 is 0. The van der Waals surface area contributed by atoms with Gasteiger partial charge in [0.25, 0.3) is 0 Å². The highest BCUT2D eigenvalue weighted by Crippen LogP contribution is 2.43. The van der Waals surface area contributed by atoms with E-state index in [1.165, 1.54) is 0 Å². The smallest absolute Gasteiger partial charge is 0.231 e. The highest BCUT2D eigenvalue weighted by molar-refractivity contribution is 5.56. The predicted molar refractivity (Wildman–Crippen MR) is 71.1 cm³/mol. The fourth-order valence-corrected chi connectivity index (χ4v) is 2.32. The van der Waals surface area contributed by atoms with Crippen molar-refractivity contribution in [2.24, 2.45) is 0 Å². The average Bonchev–Trinajstić information content (AvgIpc) is 3.13. The van der Waals surface area contributed by atoms with Crippen LogP contribution in [0.4, 0.5) is 0 Å². The van der Waals surface area contributed by atoms with Gasteiger partial charge in [-0.1, -0.05) is 0 Å². The summed E-state index contributed by atoms with van der Waals surface area (Å²) in [6, 6.07) is 5.32. The molecule has 1 atom stereocenters. The number of aliphatic hydroxyl groups excluding tert-OH is 1. The molecular weight excluding hydrogens is 260 g/mol. The molecule has 6 nitrogen and oxygen atoms in total. The number of benzene rings is 1. The highest BCUT2D eigenvalue weighted by atomic mass is 16.7. The number of aliphatic hydroxyl groups is 1. The fraction of sp³-hybridized carbons (Fsp3) is 0.357. The van der Waals surface area contributed by atoms with Crippen LogP contribution in [-0.4, -0.2) is 28.8 Å². The Morgan fingerprint density at radius 2 is 2.30 bits per heavy atom. The first-order chi connectivity index (χ1) is 9.74. The second-order valence-electron chi connectivity index (χ2n) is 4.43. The monoisotopic (exact) mass is 276 g/mol. The summed E-state index contributed by atoms with van der Waals surface area (Å²) in [6.45, 7) is 2.84. The maximum atomic E-state index is 10.5. The lowest BCUT2D eigenvalue weighted by atomic mass is 10.1. The van der Waals surface area contributed by atoms with Crippen molar-refractivity contribution in [1.29, 1.82) is 0 Å². The van der Waals surface area contributed by atoms with Crippen LogP contribution in [0.15, 0.2) is 24.4 Å². The van der Waals surface area contributed by atoms with Crippen molar-refractivity contribution in [1.82, 2.24) is 9.78 Å². The van der Waals surface area contributed by atoms with Crippen molar-refractivity contribution in [3.63, 3.8) is 0 Å². The minimum atomic E-state index is -0.791. The number of hydrogen-bond acceptors (Lipinski definition) is 5. The molecule has 6 heteroatoms. The molecule has 2 heterocycles. The molecule has 1 aliphatic rings. The Kier molecular flexibility index (Phi) is 3.23. The van der Waals surface area contributed by atoms with Crippen LogP contribution < -0.4 is 14.2 Å². The van der Waals surface area contributed by atoms with Gasteiger partial charge in [0, 0.05) is 12.7 Å². The third-order valence-corrected chi connectivity index (χ3v) is 3.33. The summed E-state index contributed by atoms with van der Waals surface area (Å²) in [5.41, 5.74) is 1.41. The number of fused-ring (bicyclic) bond motifs is 1. The molecule has 0 amide bonds. The molecule has 1 aromatic carbocycles. The Balaban J connectivity index is 2.02. The minimum Gasteiger partial charge on any atom is -0.493 e. The normalized spacial score (nSPS) is 14.3. The van der Waals surface area contributed by atoms with Gasteiger partial charge in [0.05, 0.1) is 12.8 Å². The van der Waals surface area contributed by atoms with Gasteiger partial charge in [0.2, 0.25) is 12.5 Å². The summed E-state index contributed by atoms with van der Waals surface area (Å²) in [5, 5.41) is 14.7. The molecular formula is C14H16N2O4. The van der Waals surface area contributed by atoms with Crippen molar-refractivity contribution in [3.05, 3.63) is 35.7 Å². The molecule has 3 rings (SSSR count). The van der Waals surface area contributed by atoms with Crippen LogP contribution in [0.5, 0.6) is 17.2 Å². The third kappa shape index (κ3) is 1.98. The lowest BCUT2D eigenvalue weighted by molar-refractivity contribution is 0.171. The van der Waals surface area contributed by atoms with E-state index < -0.39 is 6.10 Å². The van der Waals surface area contributed by atoms with Gasteiger partial charge in [0.15, 0.2) is 11.5 Å². The molecule has 0 saturated carbocycles. The van der Waals surface area contributed by atoms with Gasteiger partial charge in [-0.3, -0.25) is 4.68 Å². The van der Waals surface area contributed by atoms with Crippen molar-refractivity contribution in [2.45, 2.75) is 19.6 Å². The van der Waals surface area contributed by atoms with E-state index in [0.29, 0.717) is 29.4 Å². The molecule has 0 saturated heterocycles. The van der Waals surface area contributed by atoms with Crippen LogP contribution >= 0.6 is 0 Å². The van der Waals surface area contributed by atoms with E-state index in [9.17, 15) is 5.11 Å². The van der Waals surface area contributed by atoms with E-state index in [4.69, 9.17) is 14.2 Å². The molecule has 20 heavy (non-hydrogen) atoms. The standard InChI is InChI=1S/C14H16N2O4/c1-3-16-10(4-5-15-16)13(17)9-6-11(18-2)14-12(7-9)19-8-20-14/h4-7,13,17H,3,8H2,1-2H3. The second kappa shape index (κ2) is 5.05. The summed E-state index contributed by atoms with van der Waals surface area (Å²) in [4.78, 5) is 0. The Morgan fingerprint density at radius 3 is 3.05 bits per heavy atom. The number of methoxy groups -OCH3 is 1. The van der Waals surface area contributed by atoms with Crippen molar-refractivity contribution in [3.8, 4) is 17.2 Å². The molecule has 2 aromatic rings. The molecule has 1 aliphatic heterocycles. The SMILES string of the molecule is CCn1nccc1C(O)c1cc(OC)c2c(c1)OCO2. The van der Waals surface area contributed by atoms with Gasteiger partial charge >= 0.3 is 0 Å². The van der Waals surface area contributed by atoms with Crippen LogP contribution in [0.25, 0.3) is 0 Å². The minimum absolute atomic E-state index is 0.165. The largest absolute Gasteiger partial charge is 0.493 e. The van der Waals surface area contributed by atoms with Gasteiger partial charge in [-0.25, -0.2) is 0 Å². The number of aryl methyl sites for hydroxylation is 1. The lowest BCUT2D eigenvalue weighted by Crippen LogP contribution is -2.09. The molecule has 1 unspecified atom stereocenters. The molecule has 1 N–H and O–H groups in total. The van der Waals surface area contributed by atoms with Crippen molar-refractivity contribution >= 4 is 0 Å². The Bertz CT molecular complexity index is 624. The molecule has 1 aromatic heterocycles. The number of nitrogens with zero attached hydrogens (tertiary/aromatic N) is 2. The van der Waals surface area contributed by atoms with E-state index >= 15 is 0 Å². The van der Waals surface area contributed by atoms with Crippen LogP contribution in [0.3, 0.4) is 0 Å². The Morgan fingerprint density at radius 1 is 1.45 bits per heavy atom. The van der Waals surface area contributed by atoms with E-state index in [2.05, 4.69) is 5.10 Å². The van der Waals surface area contributed by atoms with Crippen molar-refractivity contribution in [2.75, 3.05) is 13.9 Å². The number of ether oxygens (including phenoxy) is 3. The van der Waals surface area contributed by atoms with E-state index in [1.807, 2.05) is 6.92 Å². The molecule has 0 fully saturated rings. The first-order valence-electron chi connectivity index (χ1n) is 6.42. The first-order valence-corrected chi connectivity index (χ1v) is 6.42. The number of hydrogen-bond donors (Lipinski definition) is 1. The molecule has 0 aliphatic carbocycles. The van der Waals surface area contributed by atoms with Gasteiger partial charge < -0.3 is 19.3 Å². The summed E-state index contributed by atoms with van der Waals surface area (Å²) in [7, 11) is 1.56. The Labute approximate surface area is 116 Å². The topological polar surface area (TPSA) is 65.7 Å². The summed E-state index contributed by atoms with van der Waals surface area (Å²) in [6.07, 6.45) is 0.882. The summed E-state index contributed by atoms with van der Waals surface area (Å²) in [5.74, 6) is 1.71. The van der Waals surface area contributed by atoms with Gasteiger partial charge in [-0.05, 0) is 30.7 Å². The number of rotatable bonds is 4. The van der Waals surface area contributed by atoms with Gasteiger partial charge in [0.1, 0.15) is 6.10 Å². The maximum absolute atomic E-state index is 10.5. The number of aromatic nitrogens is 2. The van der Waals surface area contributed by atoms with Crippen molar-refractivity contribution < 1.29 is 19.3 Å². The third-order valence-electron chi connectivity index (χ3n) is 3.33. The molecule has 0 spiro atoms. The van der Waals surface area contributed by atoms with E-state index in [-0.39, 0.29) is 6.79 Å². The van der Waals surface area contributed by atoms with Gasteiger partial charge in [-0.15, -0.1) is 0 Å². The van der Waals surface area contributed by atoms with Gasteiger partial charge in [-0.2, -0.15) is 5.10 Å². The van der Waals surface area contributed by atoms with Crippen LogP contribution in [-0.2, 0) is 6.54 Å². The maximum Gasteiger partial charge on any atom is 0.231 e. The second-order valence-corrected chi connectivity index (χ2v) is 4.43. The quantitative estimate of drug-likeness (QED) is 0.921. The zero-order valence-electron chi connectivity index (χ0n) is 11.4. The highest BCUT2D eigenvalue weighted by Gasteiger charge is 2.24. The fourth-order valence-electron chi connectivity index (χ4n) is 2.32. The van der Waals surface area contributed by atoms with Crippen LogP contribution in [0.2, 0.25) is 0 Å². The molecule has 0 bridgehead atoms. The van der Waals surface area contributed by atoms with E-state index in [1.54, 1.807) is 36.2 Å².